The average molecular weight is 219 g/mol. The maximum absolute atomic E-state index is 5.53. The van der Waals surface area contributed by atoms with Crippen molar-refractivity contribution in [1.82, 2.24) is 9.78 Å². The fourth-order valence-electron chi connectivity index (χ4n) is 1.70. The number of nitrogens with two attached hydrogens (primary N) is 1. The largest absolute Gasteiger partial charge is 0.467 e. The number of nitrogens with zero attached hydrogens (tertiary/aromatic N) is 2. The van der Waals surface area contributed by atoms with Crippen molar-refractivity contribution in [2.24, 2.45) is 5.73 Å². The zero-order valence-electron chi connectivity index (χ0n) is 9.95. The van der Waals surface area contributed by atoms with Gasteiger partial charge in [0.2, 0.25) is 0 Å². The lowest BCUT2D eigenvalue weighted by Crippen LogP contribution is -2.03. The van der Waals surface area contributed by atoms with Crippen LogP contribution in [0.4, 0.5) is 0 Å². The molecule has 0 aliphatic rings. The molecule has 0 atom stereocenters. The highest BCUT2D eigenvalue weighted by Gasteiger charge is 2.09. The molecule has 4 nitrogen and oxygen atoms in total. The normalized spacial score (nSPS) is 11.0. The molecule has 2 N–H and O–H groups in total. The van der Waals surface area contributed by atoms with Crippen LogP contribution in [0.1, 0.15) is 28.3 Å². The Morgan fingerprint density at radius 1 is 1.38 bits per heavy atom. The Labute approximate surface area is 95.1 Å². The van der Waals surface area contributed by atoms with Crippen LogP contribution in [0.15, 0.2) is 16.7 Å². The van der Waals surface area contributed by atoms with Crippen LogP contribution in [0.5, 0.6) is 0 Å². The van der Waals surface area contributed by atoms with E-state index < -0.39 is 0 Å². The van der Waals surface area contributed by atoms with Gasteiger partial charge >= 0.3 is 0 Å². The van der Waals surface area contributed by atoms with E-state index in [4.69, 9.17) is 10.2 Å². The van der Waals surface area contributed by atoms with Gasteiger partial charge in [0, 0.05) is 17.8 Å². The smallest absolute Gasteiger partial charge is 0.125 e. The van der Waals surface area contributed by atoms with Gasteiger partial charge < -0.3 is 10.2 Å². The molecular formula is C12H17N3O. The molecule has 16 heavy (non-hydrogen) atoms. The minimum Gasteiger partial charge on any atom is -0.467 e. The van der Waals surface area contributed by atoms with Crippen molar-refractivity contribution in [3.8, 4) is 0 Å². The van der Waals surface area contributed by atoms with E-state index in [9.17, 15) is 0 Å². The first-order chi connectivity index (χ1) is 7.61. The Morgan fingerprint density at radius 3 is 2.62 bits per heavy atom. The first-order valence-electron chi connectivity index (χ1n) is 5.38. The summed E-state index contributed by atoms with van der Waals surface area (Å²) in [4.78, 5) is 0. The summed E-state index contributed by atoms with van der Waals surface area (Å²) >= 11 is 0. The lowest BCUT2D eigenvalue weighted by atomic mass is 10.2. The summed E-state index contributed by atoms with van der Waals surface area (Å²) in [5.41, 5.74) is 10.1. The predicted molar refractivity (Wildman–Crippen MR) is 62.1 cm³/mol. The first-order valence-corrected chi connectivity index (χ1v) is 5.38. The molecule has 0 aliphatic heterocycles. The van der Waals surface area contributed by atoms with Gasteiger partial charge in [0.25, 0.3) is 0 Å². The summed E-state index contributed by atoms with van der Waals surface area (Å²) in [6, 6.07) is 1.98. The van der Waals surface area contributed by atoms with E-state index in [1.54, 1.807) is 6.26 Å². The second-order valence-corrected chi connectivity index (χ2v) is 4.08. The van der Waals surface area contributed by atoms with Gasteiger partial charge in [0.05, 0.1) is 18.5 Å². The maximum Gasteiger partial charge on any atom is 0.125 e. The molecule has 0 saturated heterocycles. The van der Waals surface area contributed by atoms with Gasteiger partial charge in [-0.2, -0.15) is 5.10 Å². The molecule has 0 fully saturated rings. The van der Waals surface area contributed by atoms with E-state index in [0.29, 0.717) is 13.1 Å². The third kappa shape index (κ3) is 1.88. The first kappa shape index (κ1) is 11.0. The standard InChI is InChI=1S/C12H17N3O/c1-8-9(2)14-15(10(8)3)6-12-4-11(5-13)7-16-12/h4,7H,5-6,13H2,1-3H3. The number of rotatable bonds is 3. The van der Waals surface area contributed by atoms with Crippen LogP contribution >= 0.6 is 0 Å². The summed E-state index contributed by atoms with van der Waals surface area (Å²) in [6.07, 6.45) is 1.70. The summed E-state index contributed by atoms with van der Waals surface area (Å²) in [7, 11) is 0. The van der Waals surface area contributed by atoms with Crippen molar-refractivity contribution >= 4 is 0 Å². The van der Waals surface area contributed by atoms with Crippen LogP contribution in [-0.4, -0.2) is 9.78 Å². The SMILES string of the molecule is Cc1nn(Cc2cc(CN)co2)c(C)c1C. The molecule has 86 valence electrons. The van der Waals surface area contributed by atoms with E-state index in [1.807, 2.05) is 17.7 Å². The number of aryl methyl sites for hydroxylation is 1. The van der Waals surface area contributed by atoms with E-state index >= 15 is 0 Å². The van der Waals surface area contributed by atoms with Crippen molar-refractivity contribution in [3.05, 3.63) is 40.6 Å². The fourth-order valence-corrected chi connectivity index (χ4v) is 1.70. The van der Waals surface area contributed by atoms with Gasteiger partial charge in [-0.25, -0.2) is 0 Å². The zero-order valence-corrected chi connectivity index (χ0v) is 9.95. The second kappa shape index (κ2) is 4.14. The molecular weight excluding hydrogens is 202 g/mol. The van der Waals surface area contributed by atoms with Gasteiger partial charge in [0.1, 0.15) is 5.76 Å². The Balaban J connectivity index is 2.23. The molecule has 0 unspecified atom stereocenters. The van der Waals surface area contributed by atoms with Crippen LogP contribution in [0, 0.1) is 20.8 Å². The van der Waals surface area contributed by atoms with Crippen molar-refractivity contribution in [2.45, 2.75) is 33.9 Å². The Hall–Kier alpha value is -1.55. The van der Waals surface area contributed by atoms with Crippen molar-refractivity contribution in [1.29, 1.82) is 0 Å². The summed E-state index contributed by atoms with van der Waals surface area (Å²) in [5.74, 6) is 0.894. The molecule has 0 radical (unpaired) electrons. The molecule has 0 aromatic carbocycles. The quantitative estimate of drug-likeness (QED) is 0.857. The Morgan fingerprint density at radius 2 is 2.12 bits per heavy atom. The Bertz CT molecular complexity index is 496. The van der Waals surface area contributed by atoms with Crippen molar-refractivity contribution in [3.63, 3.8) is 0 Å². The number of aromatic nitrogens is 2. The van der Waals surface area contributed by atoms with E-state index in [-0.39, 0.29) is 0 Å². The monoisotopic (exact) mass is 219 g/mol. The van der Waals surface area contributed by atoms with Crippen LogP contribution < -0.4 is 5.73 Å². The van der Waals surface area contributed by atoms with Gasteiger partial charge in [-0.3, -0.25) is 4.68 Å². The van der Waals surface area contributed by atoms with Crippen LogP contribution in [-0.2, 0) is 13.1 Å². The molecule has 0 spiro atoms. The lowest BCUT2D eigenvalue weighted by Gasteiger charge is -2.01. The molecule has 2 heterocycles. The zero-order chi connectivity index (χ0) is 11.7. The van der Waals surface area contributed by atoms with Gasteiger partial charge in [-0.15, -0.1) is 0 Å². The summed E-state index contributed by atoms with van der Waals surface area (Å²) < 4.78 is 7.38. The molecule has 0 bridgehead atoms. The van der Waals surface area contributed by atoms with Crippen molar-refractivity contribution < 1.29 is 4.42 Å². The third-order valence-electron chi connectivity index (χ3n) is 2.99. The van der Waals surface area contributed by atoms with Crippen LogP contribution in [0.2, 0.25) is 0 Å². The van der Waals surface area contributed by atoms with E-state index in [1.165, 1.54) is 11.3 Å². The van der Waals surface area contributed by atoms with Crippen molar-refractivity contribution in [2.75, 3.05) is 0 Å². The van der Waals surface area contributed by atoms with Crippen LogP contribution in [0.25, 0.3) is 0 Å². The molecule has 0 amide bonds. The highest BCUT2D eigenvalue weighted by atomic mass is 16.3. The Kier molecular flexibility index (Phi) is 2.83. The third-order valence-corrected chi connectivity index (χ3v) is 2.99. The topological polar surface area (TPSA) is 57.0 Å². The maximum atomic E-state index is 5.53. The fraction of sp³-hybridized carbons (Fsp3) is 0.417. The number of hydrogen-bond donors (Lipinski definition) is 1. The molecule has 4 heteroatoms. The second-order valence-electron chi connectivity index (χ2n) is 4.08. The summed E-state index contributed by atoms with van der Waals surface area (Å²) in [6.45, 7) is 7.36. The van der Waals surface area contributed by atoms with E-state index in [0.717, 1.165) is 17.0 Å². The highest BCUT2D eigenvalue weighted by Crippen LogP contribution is 2.14. The summed E-state index contributed by atoms with van der Waals surface area (Å²) in [5, 5.41) is 4.47. The average Bonchev–Trinajstić information content (AvgIpc) is 2.81. The lowest BCUT2D eigenvalue weighted by molar-refractivity contribution is 0.474. The molecule has 0 aliphatic carbocycles. The molecule has 2 aromatic rings. The predicted octanol–water partition coefficient (Wildman–Crippen LogP) is 1.91. The van der Waals surface area contributed by atoms with Gasteiger partial charge in [0.15, 0.2) is 0 Å². The minimum absolute atomic E-state index is 0.514. The van der Waals surface area contributed by atoms with E-state index in [2.05, 4.69) is 18.9 Å². The molecule has 2 aromatic heterocycles. The molecule has 2 rings (SSSR count). The van der Waals surface area contributed by atoms with Gasteiger partial charge in [-0.05, 0) is 32.4 Å². The van der Waals surface area contributed by atoms with Gasteiger partial charge in [-0.1, -0.05) is 0 Å². The molecule has 0 saturated carbocycles. The number of furan rings is 1. The highest BCUT2D eigenvalue weighted by molar-refractivity contribution is 5.23. The number of hydrogen-bond acceptors (Lipinski definition) is 3. The van der Waals surface area contributed by atoms with Crippen LogP contribution in [0.3, 0.4) is 0 Å². The minimum atomic E-state index is 0.514.